The molecular weight excluding hydrogens is 453 g/mol. The molecule has 150 valence electrons. The molecular formula is C21H32IN3O2. The third-order valence-electron chi connectivity index (χ3n) is 6.67. The highest BCUT2D eigenvalue weighted by atomic mass is 127. The third-order valence-corrected chi connectivity index (χ3v) is 6.67. The van der Waals surface area contributed by atoms with Gasteiger partial charge in [0, 0.05) is 38.1 Å². The zero-order valence-corrected chi connectivity index (χ0v) is 18.9. The predicted octanol–water partition coefficient (Wildman–Crippen LogP) is 3.46. The molecule has 1 spiro atoms. The molecule has 5 nitrogen and oxygen atoms in total. The van der Waals surface area contributed by atoms with Crippen LogP contribution in [0.1, 0.15) is 31.2 Å². The quantitative estimate of drug-likeness (QED) is 0.395. The number of nitrogens with zero attached hydrogens (tertiary/aromatic N) is 2. The predicted molar refractivity (Wildman–Crippen MR) is 119 cm³/mol. The number of likely N-dealkylation sites (N-methyl/N-ethyl adjacent to an activating group) is 1. The molecule has 0 bridgehead atoms. The van der Waals surface area contributed by atoms with Crippen molar-refractivity contribution in [1.29, 1.82) is 0 Å². The van der Waals surface area contributed by atoms with E-state index in [1.54, 1.807) is 0 Å². The number of nitrogens with one attached hydrogen (secondary N) is 1. The molecule has 1 aromatic carbocycles. The molecule has 0 amide bonds. The van der Waals surface area contributed by atoms with E-state index in [-0.39, 0.29) is 24.0 Å². The fourth-order valence-electron chi connectivity index (χ4n) is 5.06. The molecule has 0 aromatic heterocycles. The Kier molecular flexibility index (Phi) is 6.56. The number of ether oxygens (including phenoxy) is 2. The third kappa shape index (κ3) is 3.67. The van der Waals surface area contributed by atoms with Crippen molar-refractivity contribution in [2.45, 2.75) is 44.8 Å². The van der Waals surface area contributed by atoms with Gasteiger partial charge in [-0.2, -0.15) is 0 Å². The monoisotopic (exact) mass is 485 g/mol. The molecule has 1 aliphatic heterocycles. The summed E-state index contributed by atoms with van der Waals surface area (Å²) in [5.41, 5.74) is 1.54. The van der Waals surface area contributed by atoms with Gasteiger partial charge in [0.1, 0.15) is 12.4 Å². The lowest BCUT2D eigenvalue weighted by Gasteiger charge is -2.63. The van der Waals surface area contributed by atoms with Crippen molar-refractivity contribution < 1.29 is 9.47 Å². The summed E-state index contributed by atoms with van der Waals surface area (Å²) in [5, 5.41) is 3.77. The number of halogens is 1. The molecule has 3 aliphatic rings. The maximum absolute atomic E-state index is 6.03. The Labute approximate surface area is 179 Å². The number of rotatable bonds is 5. The lowest BCUT2D eigenvalue weighted by atomic mass is 9.46. The lowest BCUT2D eigenvalue weighted by molar-refractivity contribution is -0.171. The number of aryl methyl sites for hydroxylation is 1. The largest absolute Gasteiger partial charge is 0.491 e. The van der Waals surface area contributed by atoms with Gasteiger partial charge in [-0.3, -0.25) is 4.99 Å². The molecule has 3 unspecified atom stereocenters. The number of guanidine groups is 1. The highest BCUT2D eigenvalue weighted by molar-refractivity contribution is 14.0. The molecule has 0 radical (unpaired) electrons. The van der Waals surface area contributed by atoms with Crippen molar-refractivity contribution in [2.75, 3.05) is 33.9 Å². The summed E-state index contributed by atoms with van der Waals surface area (Å²) in [6.07, 6.45) is 5.60. The first-order valence-corrected chi connectivity index (χ1v) is 9.90. The first kappa shape index (κ1) is 20.7. The van der Waals surface area contributed by atoms with Gasteiger partial charge in [-0.15, -0.1) is 24.0 Å². The minimum Gasteiger partial charge on any atom is -0.491 e. The van der Waals surface area contributed by atoms with E-state index in [2.05, 4.69) is 35.2 Å². The van der Waals surface area contributed by atoms with Gasteiger partial charge in [0.2, 0.25) is 0 Å². The van der Waals surface area contributed by atoms with E-state index in [9.17, 15) is 0 Å². The summed E-state index contributed by atoms with van der Waals surface area (Å²) in [6.45, 7) is 4.45. The maximum atomic E-state index is 6.03. The maximum Gasteiger partial charge on any atom is 0.193 e. The number of aliphatic imine (C=N–C) groups is 1. The number of para-hydroxylation sites is 1. The molecule has 27 heavy (non-hydrogen) atoms. The molecule has 1 N–H and O–H groups in total. The van der Waals surface area contributed by atoms with Crippen LogP contribution in [0.2, 0.25) is 0 Å². The van der Waals surface area contributed by atoms with Crippen LogP contribution in [0.3, 0.4) is 0 Å². The Morgan fingerprint density at radius 1 is 1.37 bits per heavy atom. The number of hydrogen-bond acceptors (Lipinski definition) is 3. The van der Waals surface area contributed by atoms with Crippen LogP contribution in [-0.2, 0) is 4.74 Å². The second-order valence-corrected chi connectivity index (χ2v) is 8.04. The van der Waals surface area contributed by atoms with Gasteiger partial charge in [0.25, 0.3) is 0 Å². The van der Waals surface area contributed by atoms with Gasteiger partial charge < -0.3 is 19.7 Å². The summed E-state index contributed by atoms with van der Waals surface area (Å²) >= 11 is 0. The van der Waals surface area contributed by atoms with E-state index in [1.807, 2.05) is 25.2 Å². The standard InChI is InChI=1S/C21H31N3O2.HI/c1-15-7-4-5-8-17(15)25-14-12-24(3)20(22-2)23-18-16-9-13-26-19(16)21(18)10-6-11-21;/h4-5,7-8,16,18-19H,6,9-14H2,1-3H3,(H,22,23);1H. The minimum atomic E-state index is 0. The van der Waals surface area contributed by atoms with Gasteiger partial charge >= 0.3 is 0 Å². The van der Waals surface area contributed by atoms with Crippen LogP contribution >= 0.6 is 24.0 Å². The van der Waals surface area contributed by atoms with Crippen molar-refractivity contribution in [1.82, 2.24) is 10.2 Å². The number of fused-ring (bicyclic) bond motifs is 2. The second kappa shape index (κ2) is 8.55. The van der Waals surface area contributed by atoms with Gasteiger partial charge in [0.05, 0.1) is 12.6 Å². The molecule has 2 saturated carbocycles. The minimum absolute atomic E-state index is 0. The molecule has 4 rings (SSSR count). The Hall–Kier alpha value is -1.02. The van der Waals surface area contributed by atoms with Crippen LogP contribution in [0.4, 0.5) is 0 Å². The van der Waals surface area contributed by atoms with Crippen molar-refractivity contribution in [2.24, 2.45) is 16.3 Å². The molecule has 6 heteroatoms. The molecule has 3 atom stereocenters. The summed E-state index contributed by atoms with van der Waals surface area (Å²) in [5.74, 6) is 2.59. The van der Waals surface area contributed by atoms with Gasteiger partial charge in [-0.05, 0) is 37.8 Å². The Bertz CT molecular complexity index is 677. The number of benzene rings is 1. The summed E-state index contributed by atoms with van der Waals surface area (Å²) in [6, 6.07) is 8.67. The lowest BCUT2D eigenvalue weighted by Crippen LogP contribution is -2.72. The average Bonchev–Trinajstić information content (AvgIpc) is 3.01. The van der Waals surface area contributed by atoms with E-state index < -0.39 is 0 Å². The van der Waals surface area contributed by atoms with Gasteiger partial charge in [-0.25, -0.2) is 0 Å². The zero-order valence-electron chi connectivity index (χ0n) is 16.6. The SMILES string of the molecule is CN=C(NC1C2CCOC2C12CCC2)N(C)CCOc1ccccc1C.I. The van der Waals surface area contributed by atoms with Crippen LogP contribution < -0.4 is 10.1 Å². The normalized spacial score (nSPS) is 27.8. The van der Waals surface area contributed by atoms with Crippen LogP contribution in [0.15, 0.2) is 29.3 Å². The van der Waals surface area contributed by atoms with Crippen LogP contribution in [0.25, 0.3) is 0 Å². The Morgan fingerprint density at radius 3 is 2.81 bits per heavy atom. The average molecular weight is 485 g/mol. The summed E-state index contributed by atoms with van der Waals surface area (Å²) in [7, 11) is 3.96. The Balaban J connectivity index is 0.00000210. The van der Waals surface area contributed by atoms with Gasteiger partial charge in [0.15, 0.2) is 5.96 Å². The molecule has 2 aliphatic carbocycles. The van der Waals surface area contributed by atoms with Crippen molar-refractivity contribution >= 4 is 29.9 Å². The Morgan fingerprint density at radius 2 is 2.15 bits per heavy atom. The van der Waals surface area contributed by atoms with Crippen LogP contribution in [0, 0.1) is 18.3 Å². The van der Waals surface area contributed by atoms with E-state index in [0.717, 1.165) is 24.9 Å². The van der Waals surface area contributed by atoms with Crippen LogP contribution in [-0.4, -0.2) is 56.9 Å². The molecule has 3 fully saturated rings. The van der Waals surface area contributed by atoms with E-state index >= 15 is 0 Å². The van der Waals surface area contributed by atoms with Crippen molar-refractivity contribution in [3.8, 4) is 5.75 Å². The zero-order chi connectivity index (χ0) is 18.1. The van der Waals surface area contributed by atoms with Gasteiger partial charge in [-0.1, -0.05) is 24.6 Å². The number of hydrogen-bond donors (Lipinski definition) is 1. The van der Waals surface area contributed by atoms with E-state index in [1.165, 1.54) is 31.2 Å². The summed E-state index contributed by atoms with van der Waals surface area (Å²) in [4.78, 5) is 6.70. The second-order valence-electron chi connectivity index (χ2n) is 8.04. The first-order valence-electron chi connectivity index (χ1n) is 9.90. The van der Waals surface area contributed by atoms with E-state index in [4.69, 9.17) is 9.47 Å². The first-order chi connectivity index (χ1) is 12.7. The highest BCUT2D eigenvalue weighted by Crippen LogP contribution is 2.62. The van der Waals surface area contributed by atoms with Crippen molar-refractivity contribution in [3.63, 3.8) is 0 Å². The fraction of sp³-hybridized carbons (Fsp3) is 0.667. The topological polar surface area (TPSA) is 46.1 Å². The fourth-order valence-corrected chi connectivity index (χ4v) is 5.06. The van der Waals surface area contributed by atoms with Crippen molar-refractivity contribution in [3.05, 3.63) is 29.8 Å². The molecule has 1 heterocycles. The smallest absolute Gasteiger partial charge is 0.193 e. The summed E-state index contributed by atoms with van der Waals surface area (Å²) < 4.78 is 12.0. The molecule has 1 saturated heterocycles. The van der Waals surface area contributed by atoms with Crippen LogP contribution in [0.5, 0.6) is 5.75 Å². The molecule has 1 aromatic rings. The van der Waals surface area contributed by atoms with E-state index in [0.29, 0.717) is 30.1 Å². The highest BCUT2D eigenvalue weighted by Gasteiger charge is 2.66.